The zero-order valence-corrected chi connectivity index (χ0v) is 92.2. The van der Waals surface area contributed by atoms with Gasteiger partial charge in [-0.3, -0.25) is 0 Å². The van der Waals surface area contributed by atoms with Crippen LogP contribution in [-0.2, 0) is 82.2 Å². The smallest absolute Gasteiger partial charge is 0.264 e. The van der Waals surface area contributed by atoms with E-state index in [2.05, 4.69) is 444 Å². The van der Waals surface area contributed by atoms with Crippen molar-refractivity contribution in [3.63, 3.8) is 0 Å². The Bertz CT molecular complexity index is 7820. The van der Waals surface area contributed by atoms with Crippen LogP contribution in [0.2, 0.25) is 0 Å². The van der Waals surface area contributed by atoms with Gasteiger partial charge in [0, 0.05) is 86.3 Å². The van der Waals surface area contributed by atoms with Crippen LogP contribution in [0, 0.1) is 18.3 Å². The molecule has 10 aliphatic rings. The summed E-state index contributed by atoms with van der Waals surface area (Å²) in [7, 11) is 0. The normalized spacial score (nSPS) is 21.1. The third kappa shape index (κ3) is 13.8. The van der Waals surface area contributed by atoms with Gasteiger partial charge >= 0.3 is 0 Å². The lowest BCUT2D eigenvalue weighted by Crippen LogP contribution is -2.61. The molecule has 24 rings (SSSR count). The van der Waals surface area contributed by atoms with Crippen LogP contribution in [0.15, 0.2) is 206 Å². The second-order valence-corrected chi connectivity index (χ2v) is 57.1. The minimum Gasteiger partial charge on any atom is -0.311 e. The summed E-state index contributed by atoms with van der Waals surface area (Å²) in [5, 5.41) is 15.2. The Morgan fingerprint density at radius 3 is 1.14 bits per heavy atom. The zero-order valence-electron chi connectivity index (χ0n) is 90.5. The molecule has 0 spiro atoms. The van der Waals surface area contributed by atoms with E-state index in [9.17, 15) is 5.26 Å². The van der Waals surface area contributed by atoms with Gasteiger partial charge in [-0.05, 0) is 398 Å². The first-order chi connectivity index (χ1) is 66.6. The Morgan fingerprint density at radius 2 is 0.676 bits per heavy atom. The van der Waals surface area contributed by atoms with Crippen molar-refractivity contribution in [2.45, 2.75) is 360 Å². The Balaban J connectivity index is 0.685. The van der Waals surface area contributed by atoms with Crippen molar-refractivity contribution in [2.24, 2.45) is 0 Å². The van der Waals surface area contributed by atoms with Crippen LogP contribution in [0.1, 0.15) is 371 Å². The molecule has 0 radical (unpaired) electrons. The van der Waals surface area contributed by atoms with Gasteiger partial charge in [-0.2, -0.15) is 5.26 Å². The predicted molar refractivity (Wildman–Crippen MR) is 614 cm³/mol. The standard InChI is InChI=1S/C133H147B2N5S2/c1-78-61-108-114-109(62-78)140(117-90-68-95-101(130(23,24)58-53-125(95,13)14)74-112(90)141-119(117)134(114)103-70-97-99(128(19,20)56-54-126(97,15)16)72-106(103)137(108)86-44-46-91-93(66-86)123(9,10)51-49-121(91,5)6)105-48-39-79(63-81(105)77-136)88-38-34-33-35-80(88)76-133(29)60-59-131(25,26)96-69-89-113(75-102(96)133)142-118-116(89)139(85-42-40-83(41-43-85)132(27,28)82-36-31-30-32-37-82)111-65-84(120(2,3)4)64-110-115(111)135(118)104-71-98-100(129(21,22)57-55-127(98,17)18)73-107(104)138(110)87-45-47-92-94(67-87)124(11,12)52-50-122(92,7)8/h30-48,61-75H,49-60,76H2,1-29H3. The lowest BCUT2D eigenvalue weighted by Gasteiger charge is -2.48. The molecule has 0 amide bonds. The summed E-state index contributed by atoms with van der Waals surface area (Å²) in [5.74, 6) is 0. The van der Waals surface area contributed by atoms with Crippen LogP contribution in [0.3, 0.4) is 0 Å². The number of thiophene rings is 2. The summed E-state index contributed by atoms with van der Waals surface area (Å²) in [6, 6.07) is 87.5. The first kappa shape index (κ1) is 93.7. The maximum Gasteiger partial charge on any atom is 0.264 e. The molecule has 6 aliphatic carbocycles. The van der Waals surface area contributed by atoms with E-state index in [1.165, 1.54) is 221 Å². The summed E-state index contributed by atoms with van der Waals surface area (Å²) in [4.78, 5) is 10.9. The molecule has 0 saturated carbocycles. The average molecular weight is 1900 g/mol. The quantitative estimate of drug-likeness (QED) is 0.135. The molecule has 5 nitrogen and oxygen atoms in total. The van der Waals surface area contributed by atoms with Gasteiger partial charge < -0.3 is 19.6 Å². The third-order valence-electron chi connectivity index (χ3n) is 38.9. The highest BCUT2D eigenvalue weighted by atomic mass is 32.1. The van der Waals surface area contributed by atoms with Crippen LogP contribution >= 0.6 is 22.7 Å². The fraction of sp³-hybridized carbons (Fsp3) is 0.421. The second kappa shape index (κ2) is 30.5. The molecule has 12 aromatic carbocycles. The molecule has 2 aromatic heterocycles. The van der Waals surface area contributed by atoms with Gasteiger partial charge in [0.15, 0.2) is 0 Å². The summed E-state index contributed by atoms with van der Waals surface area (Å²) >= 11 is 4.10. The molecule has 6 heterocycles. The Hall–Kier alpha value is -10.6. The maximum atomic E-state index is 12.5. The van der Waals surface area contributed by atoms with Gasteiger partial charge in [-0.1, -0.05) is 291 Å². The molecule has 0 saturated heterocycles. The number of anilines is 12. The number of benzene rings is 12. The number of hydrogen-bond acceptors (Lipinski definition) is 7. The van der Waals surface area contributed by atoms with E-state index < -0.39 is 0 Å². The first-order valence-corrected chi connectivity index (χ1v) is 55.5. The zero-order chi connectivity index (χ0) is 100. The van der Waals surface area contributed by atoms with E-state index in [1.807, 2.05) is 11.3 Å². The number of nitriles is 1. The lowest BCUT2D eigenvalue weighted by molar-refractivity contribution is 0.311. The molecule has 1 atom stereocenters. The highest BCUT2D eigenvalue weighted by Gasteiger charge is 2.55. The molecule has 4 aliphatic heterocycles. The Morgan fingerprint density at radius 1 is 0.310 bits per heavy atom. The average Bonchev–Trinajstić information content (AvgIpc) is 1.37. The van der Waals surface area contributed by atoms with Crippen molar-refractivity contribution < 1.29 is 0 Å². The molecule has 0 bridgehead atoms. The maximum absolute atomic E-state index is 12.5. The van der Waals surface area contributed by atoms with E-state index in [4.69, 9.17) is 0 Å². The van der Waals surface area contributed by atoms with E-state index in [-0.39, 0.29) is 89.2 Å². The number of nitrogens with zero attached hydrogens (tertiary/aromatic N) is 5. The van der Waals surface area contributed by atoms with Gasteiger partial charge in [0.2, 0.25) is 0 Å². The van der Waals surface area contributed by atoms with Crippen LogP contribution < -0.4 is 51.0 Å². The predicted octanol–water partition coefficient (Wildman–Crippen LogP) is 33.1. The van der Waals surface area contributed by atoms with E-state index in [0.717, 1.165) is 88.3 Å². The summed E-state index contributed by atoms with van der Waals surface area (Å²) in [6.45, 7) is 71.9. The largest absolute Gasteiger partial charge is 0.311 e. The number of aryl methyl sites for hydroxylation is 1. The molecule has 0 fully saturated rings. The third-order valence-corrected chi connectivity index (χ3v) is 41.3. The minimum absolute atomic E-state index is 0.00177. The number of hydrogen-bond donors (Lipinski definition) is 0. The van der Waals surface area contributed by atoms with Crippen LogP contribution in [0.25, 0.3) is 31.3 Å². The van der Waals surface area contributed by atoms with Crippen molar-refractivity contribution in [3.05, 3.63) is 306 Å². The fourth-order valence-corrected chi connectivity index (χ4v) is 31.5. The van der Waals surface area contributed by atoms with Crippen molar-refractivity contribution in [2.75, 3.05) is 19.6 Å². The van der Waals surface area contributed by atoms with Gasteiger partial charge in [-0.25, -0.2) is 0 Å². The van der Waals surface area contributed by atoms with Gasteiger partial charge in [0.1, 0.15) is 6.07 Å². The van der Waals surface area contributed by atoms with Crippen LogP contribution in [-0.4, -0.2) is 13.4 Å². The summed E-state index contributed by atoms with van der Waals surface area (Å²) < 4.78 is 5.46. The molecule has 722 valence electrons. The highest BCUT2D eigenvalue weighted by Crippen LogP contribution is 2.62. The Labute approximate surface area is 858 Å². The highest BCUT2D eigenvalue weighted by molar-refractivity contribution is 7.34. The van der Waals surface area contributed by atoms with Crippen LogP contribution in [0.4, 0.5) is 68.2 Å². The first-order valence-electron chi connectivity index (χ1n) is 53.9. The van der Waals surface area contributed by atoms with Gasteiger partial charge in [-0.15, -0.1) is 22.7 Å². The van der Waals surface area contributed by atoms with E-state index in [0.29, 0.717) is 5.56 Å². The van der Waals surface area contributed by atoms with E-state index >= 15 is 0 Å². The van der Waals surface area contributed by atoms with Crippen molar-refractivity contribution in [3.8, 4) is 17.2 Å². The second-order valence-electron chi connectivity index (χ2n) is 54.9. The molecule has 1 unspecified atom stereocenters. The molecule has 142 heavy (non-hydrogen) atoms. The van der Waals surface area contributed by atoms with Crippen molar-refractivity contribution in [1.82, 2.24) is 0 Å². The molecule has 0 N–H and O–H groups in total. The molecular formula is C133H147B2N5S2. The van der Waals surface area contributed by atoms with E-state index in [1.54, 1.807) is 0 Å². The van der Waals surface area contributed by atoms with Crippen molar-refractivity contribution in [1.29, 1.82) is 5.26 Å². The van der Waals surface area contributed by atoms with Gasteiger partial charge in [0.25, 0.3) is 13.4 Å². The Kier molecular flexibility index (Phi) is 20.1. The molecular weight excluding hydrogens is 1750 g/mol. The molecule has 14 aromatic rings. The summed E-state index contributed by atoms with van der Waals surface area (Å²) in [6.07, 6.45) is 14.3. The molecule has 9 heteroatoms. The number of fused-ring (bicyclic) bond motifs is 18. The van der Waals surface area contributed by atoms with Gasteiger partial charge in [0.05, 0.1) is 22.6 Å². The summed E-state index contributed by atoms with van der Waals surface area (Å²) in [5.41, 5.74) is 46.5. The monoisotopic (exact) mass is 1900 g/mol. The van der Waals surface area contributed by atoms with Crippen LogP contribution in [0.5, 0.6) is 0 Å². The topological polar surface area (TPSA) is 36.8 Å². The lowest BCUT2D eigenvalue weighted by atomic mass is 9.35. The fourth-order valence-electron chi connectivity index (χ4n) is 28.8. The SMILES string of the molecule is Cc1cc2c3c(c1)N(c1ccc(-c4ccccc4CC4(C)CCC(C)(C)c5cc6c7c(sc6cc54)B4c5cc6c(cc5N(c5ccc8c(c5)C(C)(C)CCC8(C)C)c5cc(C(C)(C)C)cc(c54)N7c4ccc(C(C)(C)c5ccccc5)cc4)C(C)(C)CCC6(C)C)cc1C#N)c1c(sc4cc5c(cc14)C(C)(C)CCC5(C)C)B3c1cc3c(cc1N2c1ccc2c(c1)C(C)(C)CCC2(C)C)C(C)(C)CCC3(C)C. The van der Waals surface area contributed by atoms with Crippen molar-refractivity contribution >= 4 is 156 Å². The minimum atomic E-state index is -0.276. The number of rotatable bonds is 9.